The van der Waals surface area contributed by atoms with E-state index in [1.54, 1.807) is 26.8 Å². The van der Waals surface area contributed by atoms with Gasteiger partial charge in [-0.2, -0.15) is 0 Å². The van der Waals surface area contributed by atoms with Crippen LogP contribution in [0.15, 0.2) is 18.2 Å². The van der Waals surface area contributed by atoms with Crippen LogP contribution in [-0.4, -0.2) is 45.3 Å². The molecule has 1 N–H and O–H groups in total. The van der Waals surface area contributed by atoms with Gasteiger partial charge in [0.2, 0.25) is 11.8 Å². The molecule has 3 aliphatic heterocycles. The number of nitro benzene ring substituents is 1. The molecule has 9 heteroatoms. The van der Waals surface area contributed by atoms with Crippen molar-refractivity contribution >= 4 is 29.2 Å². The van der Waals surface area contributed by atoms with E-state index in [0.717, 1.165) is 24.9 Å². The van der Waals surface area contributed by atoms with Crippen LogP contribution in [0, 0.1) is 26.4 Å². The van der Waals surface area contributed by atoms with Crippen molar-refractivity contribution in [3.05, 3.63) is 33.9 Å². The van der Waals surface area contributed by atoms with Gasteiger partial charge in [0.25, 0.3) is 5.69 Å². The van der Waals surface area contributed by atoms with Crippen molar-refractivity contribution in [3.8, 4) is 0 Å². The lowest BCUT2D eigenvalue weighted by Gasteiger charge is -2.55. The summed E-state index contributed by atoms with van der Waals surface area (Å²) in [5, 5.41) is 14.0. The summed E-state index contributed by atoms with van der Waals surface area (Å²) in [7, 11) is 0. The summed E-state index contributed by atoms with van der Waals surface area (Å²) in [6, 6.07) is 3.68. The third-order valence-corrected chi connectivity index (χ3v) is 8.28. The Morgan fingerprint density at radius 2 is 1.79 bits per heavy atom. The molecule has 3 fully saturated rings. The first kappa shape index (κ1) is 22.8. The van der Waals surface area contributed by atoms with Gasteiger partial charge in [0.15, 0.2) is 5.41 Å². The number of nitrogens with zero attached hydrogens (tertiary/aromatic N) is 3. The lowest BCUT2D eigenvalue weighted by atomic mass is 9.56. The van der Waals surface area contributed by atoms with Gasteiger partial charge in [0.1, 0.15) is 0 Å². The molecule has 1 saturated carbocycles. The van der Waals surface area contributed by atoms with Crippen molar-refractivity contribution < 1.29 is 19.3 Å². The molecule has 1 aliphatic carbocycles. The molecule has 182 valence electrons. The molecule has 1 aromatic rings. The molecule has 3 heterocycles. The summed E-state index contributed by atoms with van der Waals surface area (Å²) in [5.74, 6) is -1.10. The number of benzene rings is 1. The molecule has 5 rings (SSSR count). The quantitative estimate of drug-likeness (QED) is 0.381. The molecule has 4 aliphatic rings. The summed E-state index contributed by atoms with van der Waals surface area (Å²) in [6.45, 7) is 11.9. The monoisotopic (exact) mass is 468 g/mol. The van der Waals surface area contributed by atoms with Crippen LogP contribution in [-0.2, 0) is 16.0 Å². The van der Waals surface area contributed by atoms with E-state index in [-0.39, 0.29) is 29.0 Å². The highest BCUT2D eigenvalue weighted by Crippen LogP contribution is 2.64. The zero-order valence-corrected chi connectivity index (χ0v) is 20.6. The smallest absolute Gasteiger partial charge is 0.331 e. The minimum absolute atomic E-state index is 0.00482. The summed E-state index contributed by atoms with van der Waals surface area (Å²) >= 11 is 0. The molecule has 9 nitrogen and oxygen atoms in total. The van der Waals surface area contributed by atoms with E-state index in [1.165, 1.54) is 17.0 Å². The lowest BCUT2D eigenvalue weighted by molar-refractivity contribution is -0.384. The number of nitro groups is 1. The number of barbiturate groups is 1. The van der Waals surface area contributed by atoms with Crippen molar-refractivity contribution in [1.29, 1.82) is 0 Å². The van der Waals surface area contributed by atoms with E-state index in [9.17, 15) is 24.5 Å². The van der Waals surface area contributed by atoms with E-state index in [2.05, 4.69) is 31.0 Å². The minimum atomic E-state index is -1.55. The number of fused-ring (bicyclic) bond motifs is 8. The zero-order chi connectivity index (χ0) is 25.0. The van der Waals surface area contributed by atoms with Gasteiger partial charge in [0.05, 0.1) is 11.0 Å². The second kappa shape index (κ2) is 6.58. The number of hydrogen-bond donors (Lipinski definition) is 1. The van der Waals surface area contributed by atoms with Crippen LogP contribution in [0.1, 0.15) is 66.4 Å². The van der Waals surface area contributed by atoms with Crippen LogP contribution in [0.3, 0.4) is 0 Å². The third-order valence-electron chi connectivity index (χ3n) is 8.28. The molecular formula is C25H32N4O5. The number of imide groups is 2. The Morgan fingerprint density at radius 1 is 1.12 bits per heavy atom. The van der Waals surface area contributed by atoms with Gasteiger partial charge >= 0.3 is 6.03 Å². The maximum absolute atomic E-state index is 14.3. The van der Waals surface area contributed by atoms with Crippen molar-refractivity contribution in [2.24, 2.45) is 16.2 Å². The molecule has 0 radical (unpaired) electrons. The van der Waals surface area contributed by atoms with E-state index in [1.807, 2.05) is 0 Å². The molecular weight excluding hydrogens is 436 g/mol. The summed E-state index contributed by atoms with van der Waals surface area (Å²) in [4.78, 5) is 55.4. The van der Waals surface area contributed by atoms with E-state index in [4.69, 9.17) is 0 Å². The highest BCUT2D eigenvalue weighted by Gasteiger charge is 2.71. The number of carbonyl (C=O) groups excluding carboxylic acids is 3. The second-order valence-corrected chi connectivity index (χ2v) is 12.7. The zero-order valence-electron chi connectivity index (χ0n) is 20.6. The molecule has 2 bridgehead atoms. The number of urea groups is 1. The van der Waals surface area contributed by atoms with E-state index < -0.39 is 39.8 Å². The fourth-order valence-corrected chi connectivity index (χ4v) is 7.74. The topological polar surface area (TPSA) is 113 Å². The van der Waals surface area contributed by atoms with Crippen molar-refractivity contribution in [2.75, 3.05) is 4.90 Å². The highest BCUT2D eigenvalue weighted by atomic mass is 16.6. The van der Waals surface area contributed by atoms with Crippen LogP contribution in [0.4, 0.5) is 16.2 Å². The Hall–Kier alpha value is -2.97. The minimum Gasteiger partial charge on any atom is -0.363 e. The van der Waals surface area contributed by atoms with E-state index >= 15 is 0 Å². The van der Waals surface area contributed by atoms with Crippen LogP contribution in [0.25, 0.3) is 0 Å². The van der Waals surface area contributed by atoms with E-state index in [0.29, 0.717) is 5.56 Å². The maximum atomic E-state index is 14.3. The van der Waals surface area contributed by atoms with Crippen molar-refractivity contribution in [2.45, 2.75) is 84.8 Å². The predicted molar refractivity (Wildman–Crippen MR) is 125 cm³/mol. The normalized spacial score (nSPS) is 34.1. The largest absolute Gasteiger partial charge is 0.363 e. The lowest BCUT2D eigenvalue weighted by Crippen LogP contribution is -2.75. The molecule has 4 atom stereocenters. The van der Waals surface area contributed by atoms with Gasteiger partial charge in [0, 0.05) is 35.8 Å². The number of non-ortho nitro benzene ring substituents is 1. The average Bonchev–Trinajstić information content (AvgIpc) is 2.90. The Morgan fingerprint density at radius 3 is 2.41 bits per heavy atom. The molecule has 34 heavy (non-hydrogen) atoms. The molecule has 4 amide bonds. The number of hydrogen-bond acceptors (Lipinski definition) is 6. The standard InChI is InChI=1S/C25H32N4O5/c1-22(2,3)28-20(31)25(19(30)26-21(28)32)10-14-9-15(29(33)34)7-8-17(14)27-16-11-23(4,5)13-24(6,12-16)18(25)27/h7-9,16,18H,10-13H2,1-6H3,(H,26,30,32)/t16-,18+,24-,25+/m1/s1. The molecule has 0 unspecified atom stereocenters. The molecule has 0 aromatic heterocycles. The van der Waals surface area contributed by atoms with Crippen molar-refractivity contribution in [1.82, 2.24) is 10.2 Å². The van der Waals surface area contributed by atoms with Crippen LogP contribution in [0.5, 0.6) is 0 Å². The first-order valence-corrected chi connectivity index (χ1v) is 11.9. The summed E-state index contributed by atoms with van der Waals surface area (Å²) < 4.78 is 0. The first-order valence-electron chi connectivity index (χ1n) is 11.9. The van der Waals surface area contributed by atoms with Gasteiger partial charge in [-0.25, -0.2) is 4.79 Å². The number of rotatable bonds is 1. The Labute approximate surface area is 199 Å². The number of anilines is 1. The van der Waals surface area contributed by atoms with Gasteiger partial charge in [-0.3, -0.25) is 29.9 Å². The summed E-state index contributed by atoms with van der Waals surface area (Å²) in [5.41, 5.74) is -1.34. The molecule has 1 aromatic carbocycles. The van der Waals surface area contributed by atoms with Gasteiger partial charge < -0.3 is 4.90 Å². The first-order chi connectivity index (χ1) is 15.6. The fraction of sp³-hybridized carbons (Fsp3) is 0.640. The van der Waals surface area contributed by atoms with Gasteiger partial charge in [-0.1, -0.05) is 20.8 Å². The van der Waals surface area contributed by atoms with Crippen molar-refractivity contribution in [3.63, 3.8) is 0 Å². The average molecular weight is 469 g/mol. The van der Waals surface area contributed by atoms with Crippen LogP contribution < -0.4 is 10.2 Å². The SMILES string of the molecule is CC1(C)C[C@@H]2C[C@](C)(C1)[C@@H]1N2c2ccc([N+](=O)[O-])cc2C[C@@]12C(=O)NC(=O)N(C(C)(C)C)C2=O. The van der Waals surface area contributed by atoms with Crippen LogP contribution >= 0.6 is 0 Å². The fourth-order valence-electron chi connectivity index (χ4n) is 7.74. The predicted octanol–water partition coefficient (Wildman–Crippen LogP) is 3.79. The van der Waals surface area contributed by atoms with Gasteiger partial charge in [-0.05, 0) is 62.5 Å². The Balaban J connectivity index is 1.78. The van der Waals surface area contributed by atoms with Gasteiger partial charge in [-0.15, -0.1) is 0 Å². The highest BCUT2D eigenvalue weighted by molar-refractivity contribution is 6.21. The molecule has 2 saturated heterocycles. The molecule has 1 spiro atoms. The number of carbonyl (C=O) groups is 3. The number of amides is 4. The Kier molecular flexibility index (Phi) is 4.41. The number of nitrogens with one attached hydrogen (secondary N) is 1. The third kappa shape index (κ3) is 2.88. The van der Waals surface area contributed by atoms with Crippen LogP contribution in [0.2, 0.25) is 0 Å². The maximum Gasteiger partial charge on any atom is 0.331 e. The second-order valence-electron chi connectivity index (χ2n) is 12.7. The summed E-state index contributed by atoms with van der Waals surface area (Å²) in [6.07, 6.45) is 2.58. The Bertz CT molecular complexity index is 1150.